The lowest BCUT2D eigenvalue weighted by molar-refractivity contribution is -0.385. The second kappa shape index (κ2) is 11.8. The highest BCUT2D eigenvalue weighted by Crippen LogP contribution is 2.37. The van der Waals surface area contributed by atoms with Crippen molar-refractivity contribution in [3.05, 3.63) is 62.7 Å². The zero-order chi connectivity index (χ0) is 26.3. The van der Waals surface area contributed by atoms with Crippen LogP contribution in [0.1, 0.15) is 22.8 Å². The van der Waals surface area contributed by atoms with Crippen LogP contribution < -0.4 is 4.74 Å². The first kappa shape index (κ1) is 27.9. The SMILES string of the molecule is CC(CN(C)C)C(=O)OCCOC(=O)c1cc(Oc2ccc(C(F)(F)F)cc2Cl)ccc1[N+](=O)[O-]. The lowest BCUT2D eigenvalue weighted by Crippen LogP contribution is -2.28. The van der Waals surface area contributed by atoms with Crippen molar-refractivity contribution >= 4 is 29.2 Å². The van der Waals surface area contributed by atoms with Crippen LogP contribution in [0.3, 0.4) is 0 Å². The van der Waals surface area contributed by atoms with Crippen LogP contribution in [0.4, 0.5) is 18.9 Å². The molecular weight excluding hydrogens is 497 g/mol. The van der Waals surface area contributed by atoms with E-state index in [1.807, 2.05) is 0 Å². The zero-order valence-corrected chi connectivity index (χ0v) is 19.7. The fourth-order valence-electron chi connectivity index (χ4n) is 2.91. The smallest absolute Gasteiger partial charge is 0.416 e. The van der Waals surface area contributed by atoms with Gasteiger partial charge in [-0.05, 0) is 38.4 Å². The maximum atomic E-state index is 12.8. The largest absolute Gasteiger partial charge is 0.462 e. The van der Waals surface area contributed by atoms with Crippen molar-refractivity contribution in [2.45, 2.75) is 13.1 Å². The van der Waals surface area contributed by atoms with E-state index in [4.69, 9.17) is 25.8 Å². The van der Waals surface area contributed by atoms with Crippen molar-refractivity contribution < 1.29 is 41.9 Å². The molecule has 0 aliphatic rings. The first-order chi connectivity index (χ1) is 16.3. The van der Waals surface area contributed by atoms with Gasteiger partial charge in [-0.2, -0.15) is 13.2 Å². The predicted molar refractivity (Wildman–Crippen MR) is 119 cm³/mol. The molecule has 0 saturated heterocycles. The first-order valence-corrected chi connectivity index (χ1v) is 10.5. The van der Waals surface area contributed by atoms with Crippen molar-refractivity contribution in [2.75, 3.05) is 33.9 Å². The Morgan fingerprint density at radius 2 is 1.77 bits per heavy atom. The zero-order valence-electron chi connectivity index (χ0n) is 18.9. The van der Waals surface area contributed by atoms with Gasteiger partial charge in [0.15, 0.2) is 0 Å². The molecule has 0 aliphatic carbocycles. The summed E-state index contributed by atoms with van der Waals surface area (Å²) < 4.78 is 53.8. The van der Waals surface area contributed by atoms with Crippen molar-refractivity contribution in [2.24, 2.45) is 5.92 Å². The van der Waals surface area contributed by atoms with E-state index < -0.39 is 45.8 Å². The van der Waals surface area contributed by atoms with Gasteiger partial charge in [0.1, 0.15) is 30.3 Å². The number of carbonyl (C=O) groups excluding carboxylic acids is 2. The van der Waals surface area contributed by atoms with E-state index in [1.165, 1.54) is 0 Å². The molecule has 0 aromatic heterocycles. The molecule has 0 saturated carbocycles. The van der Waals surface area contributed by atoms with E-state index in [0.717, 1.165) is 30.3 Å². The molecule has 9 nitrogen and oxygen atoms in total. The summed E-state index contributed by atoms with van der Waals surface area (Å²) in [4.78, 5) is 36.6. The normalized spacial score (nSPS) is 12.2. The molecule has 1 unspecified atom stereocenters. The van der Waals surface area contributed by atoms with Gasteiger partial charge in [-0.25, -0.2) is 4.79 Å². The first-order valence-electron chi connectivity index (χ1n) is 10.1. The molecule has 2 aromatic carbocycles. The fourth-order valence-corrected chi connectivity index (χ4v) is 3.13. The molecule has 2 rings (SSSR count). The Balaban J connectivity index is 2.09. The van der Waals surface area contributed by atoms with Crippen LogP contribution in [0.5, 0.6) is 11.5 Å². The Morgan fingerprint density at radius 3 is 2.34 bits per heavy atom. The molecule has 0 heterocycles. The lowest BCUT2D eigenvalue weighted by atomic mass is 10.1. The molecule has 2 aromatic rings. The predicted octanol–water partition coefficient (Wildman–Crippen LogP) is 4.96. The molecule has 0 radical (unpaired) electrons. The van der Waals surface area contributed by atoms with Crippen LogP contribution in [-0.4, -0.2) is 55.6 Å². The van der Waals surface area contributed by atoms with E-state index in [9.17, 15) is 32.9 Å². The number of alkyl halides is 3. The number of hydrogen-bond acceptors (Lipinski definition) is 8. The Kier molecular flexibility index (Phi) is 9.43. The van der Waals surface area contributed by atoms with Gasteiger partial charge >= 0.3 is 18.1 Å². The van der Waals surface area contributed by atoms with Crippen LogP contribution >= 0.6 is 11.6 Å². The maximum Gasteiger partial charge on any atom is 0.416 e. The summed E-state index contributed by atoms with van der Waals surface area (Å²) >= 11 is 5.86. The van der Waals surface area contributed by atoms with Crippen LogP contribution in [0.25, 0.3) is 0 Å². The lowest BCUT2D eigenvalue weighted by Gasteiger charge is -2.15. The second-order valence-corrected chi connectivity index (χ2v) is 8.05. The number of nitrogens with zero attached hydrogens (tertiary/aromatic N) is 2. The van der Waals surface area contributed by atoms with Crippen LogP contribution in [0.2, 0.25) is 5.02 Å². The minimum atomic E-state index is -4.61. The van der Waals surface area contributed by atoms with Crippen molar-refractivity contribution in [3.63, 3.8) is 0 Å². The third-order valence-corrected chi connectivity index (χ3v) is 4.77. The monoisotopic (exact) mass is 518 g/mol. The van der Waals surface area contributed by atoms with Crippen molar-refractivity contribution in [1.29, 1.82) is 0 Å². The minimum Gasteiger partial charge on any atom is -0.462 e. The molecule has 0 amide bonds. The van der Waals surface area contributed by atoms with Gasteiger partial charge in [-0.3, -0.25) is 14.9 Å². The van der Waals surface area contributed by atoms with E-state index in [2.05, 4.69) is 0 Å². The van der Waals surface area contributed by atoms with E-state index in [1.54, 1.807) is 25.9 Å². The van der Waals surface area contributed by atoms with E-state index in [-0.39, 0.29) is 29.7 Å². The number of esters is 2. The highest BCUT2D eigenvalue weighted by Gasteiger charge is 2.31. The van der Waals surface area contributed by atoms with E-state index >= 15 is 0 Å². The third-order valence-electron chi connectivity index (χ3n) is 4.47. The number of nitro groups is 1. The van der Waals surface area contributed by atoms with Gasteiger partial charge in [-0.1, -0.05) is 18.5 Å². The van der Waals surface area contributed by atoms with Gasteiger partial charge in [0, 0.05) is 18.7 Å². The van der Waals surface area contributed by atoms with Gasteiger partial charge in [-0.15, -0.1) is 0 Å². The average Bonchev–Trinajstić information content (AvgIpc) is 2.76. The molecule has 35 heavy (non-hydrogen) atoms. The maximum absolute atomic E-state index is 12.8. The highest BCUT2D eigenvalue weighted by atomic mass is 35.5. The van der Waals surface area contributed by atoms with Crippen LogP contribution in [-0.2, 0) is 20.4 Å². The molecule has 0 bridgehead atoms. The average molecular weight is 519 g/mol. The number of hydrogen-bond donors (Lipinski definition) is 0. The topological polar surface area (TPSA) is 108 Å². The molecule has 190 valence electrons. The Hall–Kier alpha value is -3.38. The molecule has 0 spiro atoms. The minimum absolute atomic E-state index is 0.104. The number of carbonyl (C=O) groups is 2. The summed E-state index contributed by atoms with van der Waals surface area (Å²) in [7, 11) is 3.59. The van der Waals surface area contributed by atoms with Gasteiger partial charge < -0.3 is 19.1 Å². The molecule has 0 aliphatic heterocycles. The van der Waals surface area contributed by atoms with Crippen molar-refractivity contribution in [1.82, 2.24) is 4.90 Å². The third kappa shape index (κ3) is 8.11. The molecule has 13 heteroatoms. The molecule has 1 atom stereocenters. The van der Waals surface area contributed by atoms with Gasteiger partial charge in [0.2, 0.25) is 0 Å². The summed E-state index contributed by atoms with van der Waals surface area (Å²) in [5, 5.41) is 11.0. The summed E-state index contributed by atoms with van der Waals surface area (Å²) in [6.07, 6.45) is -4.61. The van der Waals surface area contributed by atoms with Crippen LogP contribution in [0.15, 0.2) is 36.4 Å². The number of halogens is 4. The second-order valence-electron chi connectivity index (χ2n) is 7.65. The number of ether oxygens (including phenoxy) is 3. The number of benzene rings is 2. The summed E-state index contributed by atoms with van der Waals surface area (Å²) in [5.74, 6) is -2.25. The summed E-state index contributed by atoms with van der Waals surface area (Å²) in [5.41, 5.74) is -2.04. The number of rotatable bonds is 10. The molecule has 0 N–H and O–H groups in total. The fraction of sp³-hybridized carbons (Fsp3) is 0.364. The Bertz CT molecular complexity index is 1090. The molecule has 0 fully saturated rings. The Labute approximate surface area is 203 Å². The van der Waals surface area contributed by atoms with Crippen molar-refractivity contribution in [3.8, 4) is 11.5 Å². The standard InChI is InChI=1S/C22H22ClF3N2O7/c1-13(12-27(2)3)20(29)33-8-9-34-21(30)16-11-15(5-6-18(16)28(31)32)35-19-7-4-14(10-17(19)23)22(24,25)26/h4-7,10-11,13H,8-9,12H2,1-3H3. The summed E-state index contributed by atoms with van der Waals surface area (Å²) in [6.45, 7) is 1.52. The highest BCUT2D eigenvalue weighted by molar-refractivity contribution is 6.32. The quantitative estimate of drug-likeness (QED) is 0.188. The number of nitro benzene ring substituents is 1. The van der Waals surface area contributed by atoms with E-state index in [0.29, 0.717) is 12.6 Å². The summed E-state index contributed by atoms with van der Waals surface area (Å²) in [6, 6.07) is 5.53. The van der Waals surface area contributed by atoms with Gasteiger partial charge in [0.05, 0.1) is 21.4 Å². The van der Waals surface area contributed by atoms with Gasteiger partial charge in [0.25, 0.3) is 5.69 Å². The Morgan fingerprint density at radius 1 is 1.11 bits per heavy atom. The molecular formula is C22H22ClF3N2O7. The van der Waals surface area contributed by atoms with Crippen LogP contribution in [0, 0.1) is 16.0 Å².